The minimum atomic E-state index is 0.873. The molecule has 0 atom stereocenters. The number of aryl methyl sites for hydroxylation is 3. The summed E-state index contributed by atoms with van der Waals surface area (Å²) in [5, 5.41) is 8.04. The number of rotatable bonds is 4. The van der Waals surface area contributed by atoms with E-state index in [0.717, 1.165) is 25.2 Å². The number of hydrogen-bond acceptors (Lipinski definition) is 3. The summed E-state index contributed by atoms with van der Waals surface area (Å²) in [5.41, 5.74) is 1.03. The van der Waals surface area contributed by atoms with Crippen molar-refractivity contribution < 1.29 is 0 Å². The fourth-order valence-electron chi connectivity index (χ4n) is 1.27. The Morgan fingerprint density at radius 2 is 2.36 bits per heavy atom. The maximum absolute atomic E-state index is 4.07. The minimum absolute atomic E-state index is 0.873. The third kappa shape index (κ3) is 1.99. The van der Waals surface area contributed by atoms with Crippen LogP contribution in [-0.2, 0) is 19.5 Å². The number of nitrogens with zero attached hydrogens (tertiary/aromatic N) is 5. The van der Waals surface area contributed by atoms with Crippen LogP contribution in [-0.4, -0.2) is 24.5 Å². The molecule has 2 aromatic rings. The number of imidazole rings is 1. The predicted molar refractivity (Wildman–Crippen MR) is 51.6 cm³/mol. The van der Waals surface area contributed by atoms with Crippen molar-refractivity contribution in [1.29, 1.82) is 0 Å². The van der Waals surface area contributed by atoms with Gasteiger partial charge in [-0.3, -0.25) is 4.68 Å². The molecule has 0 fully saturated rings. The van der Waals surface area contributed by atoms with E-state index in [-0.39, 0.29) is 0 Å². The SMILES string of the molecule is CCn1cc(CCn2ccnc2)nn1. The van der Waals surface area contributed by atoms with E-state index in [1.165, 1.54) is 0 Å². The van der Waals surface area contributed by atoms with Crippen LogP contribution in [0, 0.1) is 0 Å². The van der Waals surface area contributed by atoms with Crippen molar-refractivity contribution in [3.8, 4) is 0 Å². The molecule has 5 heteroatoms. The first-order chi connectivity index (χ1) is 6.88. The van der Waals surface area contributed by atoms with E-state index in [9.17, 15) is 0 Å². The van der Waals surface area contributed by atoms with Crippen molar-refractivity contribution in [2.45, 2.75) is 26.4 Å². The standard InChI is InChI=1S/C9H13N5/c1-2-14-7-9(11-12-14)3-5-13-6-4-10-8-13/h4,6-8H,2-3,5H2,1H3. The van der Waals surface area contributed by atoms with Crippen LogP contribution < -0.4 is 0 Å². The lowest BCUT2D eigenvalue weighted by atomic mass is 10.3. The van der Waals surface area contributed by atoms with E-state index in [1.54, 1.807) is 6.20 Å². The molecule has 0 unspecified atom stereocenters. The zero-order valence-corrected chi connectivity index (χ0v) is 8.17. The van der Waals surface area contributed by atoms with Crippen molar-refractivity contribution in [2.75, 3.05) is 0 Å². The summed E-state index contributed by atoms with van der Waals surface area (Å²) >= 11 is 0. The van der Waals surface area contributed by atoms with Gasteiger partial charge < -0.3 is 4.57 Å². The predicted octanol–water partition coefficient (Wildman–Crippen LogP) is 0.737. The highest BCUT2D eigenvalue weighted by Crippen LogP contribution is 1.97. The van der Waals surface area contributed by atoms with Crippen LogP contribution in [0.3, 0.4) is 0 Å². The van der Waals surface area contributed by atoms with Gasteiger partial charge in [0.1, 0.15) is 0 Å². The summed E-state index contributed by atoms with van der Waals surface area (Å²) in [7, 11) is 0. The maximum atomic E-state index is 4.07. The van der Waals surface area contributed by atoms with Gasteiger partial charge >= 0.3 is 0 Å². The van der Waals surface area contributed by atoms with Crippen LogP contribution >= 0.6 is 0 Å². The minimum Gasteiger partial charge on any atom is -0.337 e. The van der Waals surface area contributed by atoms with Crippen LogP contribution in [0.1, 0.15) is 12.6 Å². The van der Waals surface area contributed by atoms with Crippen molar-refractivity contribution in [1.82, 2.24) is 24.5 Å². The Hall–Kier alpha value is -1.65. The molecule has 0 saturated carbocycles. The molecule has 0 bridgehead atoms. The highest BCUT2D eigenvalue weighted by atomic mass is 15.4. The third-order valence-electron chi connectivity index (χ3n) is 2.10. The molecule has 0 N–H and O–H groups in total. The van der Waals surface area contributed by atoms with E-state index in [1.807, 2.05) is 34.9 Å². The molecule has 0 aromatic carbocycles. The second-order valence-corrected chi connectivity index (χ2v) is 3.12. The van der Waals surface area contributed by atoms with Gasteiger partial charge in [-0.25, -0.2) is 4.98 Å². The molecule has 0 spiro atoms. The van der Waals surface area contributed by atoms with Crippen molar-refractivity contribution in [3.63, 3.8) is 0 Å². The van der Waals surface area contributed by atoms with Crippen LogP contribution in [0.2, 0.25) is 0 Å². The van der Waals surface area contributed by atoms with Crippen molar-refractivity contribution in [3.05, 3.63) is 30.6 Å². The Kier molecular flexibility index (Phi) is 2.58. The van der Waals surface area contributed by atoms with Crippen LogP contribution in [0.4, 0.5) is 0 Å². The van der Waals surface area contributed by atoms with Gasteiger partial charge in [-0.05, 0) is 6.92 Å². The van der Waals surface area contributed by atoms with Gasteiger partial charge in [0.25, 0.3) is 0 Å². The molecule has 0 radical (unpaired) electrons. The summed E-state index contributed by atoms with van der Waals surface area (Å²) in [6.07, 6.45) is 8.42. The molecule has 0 saturated heterocycles. The van der Waals surface area contributed by atoms with Crippen LogP contribution in [0.5, 0.6) is 0 Å². The molecule has 5 nitrogen and oxygen atoms in total. The lowest BCUT2D eigenvalue weighted by Crippen LogP contribution is -1.98. The Bertz CT molecular complexity index is 376. The highest BCUT2D eigenvalue weighted by molar-refractivity contribution is 4.92. The zero-order valence-electron chi connectivity index (χ0n) is 8.17. The van der Waals surface area contributed by atoms with Crippen LogP contribution in [0.25, 0.3) is 0 Å². The number of aromatic nitrogens is 5. The summed E-state index contributed by atoms with van der Waals surface area (Å²) in [6.45, 7) is 3.83. The van der Waals surface area contributed by atoms with Crippen LogP contribution in [0.15, 0.2) is 24.9 Å². The van der Waals surface area contributed by atoms with E-state index >= 15 is 0 Å². The summed E-state index contributed by atoms with van der Waals surface area (Å²) in [6, 6.07) is 0. The van der Waals surface area contributed by atoms with Gasteiger partial charge in [0.2, 0.25) is 0 Å². The zero-order chi connectivity index (χ0) is 9.80. The quantitative estimate of drug-likeness (QED) is 0.716. The second kappa shape index (κ2) is 4.04. The summed E-state index contributed by atoms with van der Waals surface area (Å²) in [4.78, 5) is 3.98. The maximum Gasteiger partial charge on any atom is 0.0946 e. The summed E-state index contributed by atoms with van der Waals surface area (Å²) in [5.74, 6) is 0. The Morgan fingerprint density at radius 1 is 1.43 bits per heavy atom. The lowest BCUT2D eigenvalue weighted by Gasteiger charge is -1.97. The van der Waals surface area contributed by atoms with E-state index in [2.05, 4.69) is 15.3 Å². The fraction of sp³-hybridized carbons (Fsp3) is 0.444. The molecule has 74 valence electrons. The highest BCUT2D eigenvalue weighted by Gasteiger charge is 1.99. The van der Waals surface area contributed by atoms with Gasteiger partial charge in [-0.1, -0.05) is 5.21 Å². The summed E-state index contributed by atoms with van der Waals surface area (Å²) < 4.78 is 3.87. The molecular weight excluding hydrogens is 178 g/mol. The molecule has 2 heterocycles. The average Bonchev–Trinajstić information content (AvgIpc) is 2.86. The van der Waals surface area contributed by atoms with E-state index < -0.39 is 0 Å². The van der Waals surface area contributed by atoms with E-state index in [0.29, 0.717) is 0 Å². The Labute approximate surface area is 82.4 Å². The first-order valence-corrected chi connectivity index (χ1v) is 4.73. The Balaban J connectivity index is 1.92. The lowest BCUT2D eigenvalue weighted by molar-refractivity contribution is 0.626. The smallest absolute Gasteiger partial charge is 0.0946 e. The molecule has 2 rings (SSSR count). The number of hydrogen-bond donors (Lipinski definition) is 0. The molecule has 0 aliphatic carbocycles. The second-order valence-electron chi connectivity index (χ2n) is 3.12. The normalized spacial score (nSPS) is 10.6. The topological polar surface area (TPSA) is 48.5 Å². The van der Waals surface area contributed by atoms with Gasteiger partial charge in [-0.15, -0.1) is 5.10 Å². The first kappa shape index (κ1) is 8.93. The Morgan fingerprint density at radius 3 is 3.00 bits per heavy atom. The molecule has 14 heavy (non-hydrogen) atoms. The fourth-order valence-corrected chi connectivity index (χ4v) is 1.27. The average molecular weight is 191 g/mol. The van der Waals surface area contributed by atoms with Gasteiger partial charge in [0, 0.05) is 38.1 Å². The largest absolute Gasteiger partial charge is 0.337 e. The monoisotopic (exact) mass is 191 g/mol. The van der Waals surface area contributed by atoms with Gasteiger partial charge in [0.15, 0.2) is 0 Å². The van der Waals surface area contributed by atoms with E-state index in [4.69, 9.17) is 0 Å². The van der Waals surface area contributed by atoms with Crippen molar-refractivity contribution in [2.24, 2.45) is 0 Å². The molecular formula is C9H13N5. The molecule has 0 aliphatic heterocycles. The van der Waals surface area contributed by atoms with Crippen molar-refractivity contribution >= 4 is 0 Å². The third-order valence-corrected chi connectivity index (χ3v) is 2.10. The first-order valence-electron chi connectivity index (χ1n) is 4.73. The molecule has 0 aliphatic rings. The molecule has 2 aromatic heterocycles. The molecule has 0 amide bonds. The van der Waals surface area contributed by atoms with Gasteiger partial charge in [-0.2, -0.15) is 0 Å². The van der Waals surface area contributed by atoms with Gasteiger partial charge in [0.05, 0.1) is 12.0 Å².